The van der Waals surface area contributed by atoms with E-state index in [0.717, 1.165) is 56.0 Å². The van der Waals surface area contributed by atoms with Gasteiger partial charge in [0.2, 0.25) is 5.91 Å². The Bertz CT molecular complexity index is 1360. The fourth-order valence-electron chi connectivity index (χ4n) is 6.11. The normalized spacial score (nSPS) is 19.9. The lowest BCUT2D eigenvalue weighted by Crippen LogP contribution is -2.54. The van der Waals surface area contributed by atoms with Crippen molar-refractivity contribution < 1.29 is 14.3 Å². The third-order valence-electron chi connectivity index (χ3n) is 8.30. The molecule has 0 spiro atoms. The van der Waals surface area contributed by atoms with E-state index >= 15 is 0 Å². The predicted octanol–water partition coefficient (Wildman–Crippen LogP) is 3.17. The number of nitrogens with one attached hydrogen (secondary N) is 1. The second-order valence-corrected chi connectivity index (χ2v) is 10.9. The highest BCUT2D eigenvalue weighted by Crippen LogP contribution is 2.40. The number of amides is 2. The Morgan fingerprint density at radius 2 is 1.55 bits per heavy atom. The van der Waals surface area contributed by atoms with E-state index in [1.807, 2.05) is 54.6 Å². The van der Waals surface area contributed by atoms with Crippen LogP contribution in [0, 0.1) is 0 Å². The van der Waals surface area contributed by atoms with E-state index in [-0.39, 0.29) is 11.8 Å². The molecule has 2 unspecified atom stereocenters. The molecule has 0 aromatic heterocycles. The van der Waals surface area contributed by atoms with E-state index in [2.05, 4.69) is 39.4 Å². The number of carbonyl (C=O) groups is 2. The van der Waals surface area contributed by atoms with E-state index in [9.17, 15) is 9.59 Å². The molecule has 220 valence electrons. The summed E-state index contributed by atoms with van der Waals surface area (Å²) < 4.78 is 5.36. The number of hydrogen-bond donors (Lipinski definition) is 2. The zero-order valence-corrected chi connectivity index (χ0v) is 24.3. The monoisotopic (exact) mass is 567 g/mol. The van der Waals surface area contributed by atoms with Crippen LogP contribution in [-0.2, 0) is 16.1 Å². The molecule has 1 saturated heterocycles. The average Bonchev–Trinajstić information content (AvgIpc) is 3.03. The van der Waals surface area contributed by atoms with Crippen LogP contribution in [0.15, 0.2) is 91.1 Å². The molecule has 2 aliphatic rings. The number of benzene rings is 3. The first kappa shape index (κ1) is 29.5. The van der Waals surface area contributed by atoms with Gasteiger partial charge < -0.3 is 20.7 Å². The fraction of sp³-hybridized carbons (Fsp3) is 0.353. The zero-order chi connectivity index (χ0) is 29.3. The van der Waals surface area contributed by atoms with E-state index in [1.54, 1.807) is 18.1 Å². The molecule has 8 heteroatoms. The largest absolute Gasteiger partial charge is 0.404 e. The maximum absolute atomic E-state index is 14.1. The van der Waals surface area contributed by atoms with Gasteiger partial charge in [0.05, 0.1) is 18.6 Å². The van der Waals surface area contributed by atoms with Crippen molar-refractivity contribution in [3.05, 3.63) is 113 Å². The summed E-state index contributed by atoms with van der Waals surface area (Å²) in [7, 11) is 1.61. The Morgan fingerprint density at radius 3 is 2.24 bits per heavy atom. The Labute approximate surface area is 248 Å². The van der Waals surface area contributed by atoms with E-state index in [1.165, 1.54) is 11.8 Å². The van der Waals surface area contributed by atoms with Crippen molar-refractivity contribution >= 4 is 17.4 Å². The maximum atomic E-state index is 14.1. The number of ether oxygens (including phenoxy) is 1. The van der Waals surface area contributed by atoms with Crippen molar-refractivity contribution in [3.63, 3.8) is 0 Å². The smallest absolute Gasteiger partial charge is 0.254 e. The first-order valence-electron chi connectivity index (χ1n) is 14.7. The van der Waals surface area contributed by atoms with Crippen LogP contribution < -0.4 is 11.1 Å². The molecule has 3 N–H and O–H groups in total. The van der Waals surface area contributed by atoms with Gasteiger partial charge in [0.1, 0.15) is 0 Å². The lowest BCUT2D eigenvalue weighted by molar-refractivity contribution is -0.123. The molecule has 2 heterocycles. The lowest BCUT2D eigenvalue weighted by atomic mass is 9.77. The fourth-order valence-corrected chi connectivity index (χ4v) is 6.11. The van der Waals surface area contributed by atoms with Gasteiger partial charge in [-0.05, 0) is 34.5 Å². The number of fused-ring (bicyclic) bond motifs is 1. The van der Waals surface area contributed by atoms with Crippen molar-refractivity contribution in [3.8, 4) is 0 Å². The van der Waals surface area contributed by atoms with Gasteiger partial charge in [-0.1, -0.05) is 78.9 Å². The number of nitrogens with two attached hydrogens (primary N) is 1. The number of carbonyl (C=O) groups excluding carboxylic acids is 2. The summed E-state index contributed by atoms with van der Waals surface area (Å²) in [5.41, 5.74) is 10.5. The minimum atomic E-state index is -0.617. The third-order valence-corrected chi connectivity index (χ3v) is 8.30. The number of methoxy groups -OCH3 is 1. The van der Waals surface area contributed by atoms with Gasteiger partial charge in [-0.3, -0.25) is 19.4 Å². The van der Waals surface area contributed by atoms with Crippen molar-refractivity contribution in [1.82, 2.24) is 20.0 Å². The lowest BCUT2D eigenvalue weighted by Gasteiger charge is -2.42. The molecule has 0 saturated carbocycles. The van der Waals surface area contributed by atoms with Crippen LogP contribution in [0.4, 0.5) is 0 Å². The van der Waals surface area contributed by atoms with Gasteiger partial charge in [0, 0.05) is 65.0 Å². The summed E-state index contributed by atoms with van der Waals surface area (Å²) in [6, 6.07) is 27.2. The summed E-state index contributed by atoms with van der Waals surface area (Å²) >= 11 is 0. The second-order valence-electron chi connectivity index (χ2n) is 10.9. The van der Waals surface area contributed by atoms with Crippen LogP contribution in [0.1, 0.15) is 33.0 Å². The SMILES string of the molecule is COCCN1C(=O)c2ccccc2C(C(=O)NCCN2CCN(Cc3ccccc3)CC2)C1/C(=C/N)c1ccccc1. The van der Waals surface area contributed by atoms with E-state index in [0.29, 0.717) is 25.3 Å². The second kappa shape index (κ2) is 14.3. The van der Waals surface area contributed by atoms with Crippen molar-refractivity contribution in [1.29, 1.82) is 0 Å². The summed E-state index contributed by atoms with van der Waals surface area (Å²) in [6.45, 7) is 6.88. The summed E-state index contributed by atoms with van der Waals surface area (Å²) in [4.78, 5) is 34.5. The zero-order valence-electron chi connectivity index (χ0n) is 24.3. The van der Waals surface area contributed by atoms with Gasteiger partial charge >= 0.3 is 0 Å². The van der Waals surface area contributed by atoms with Crippen LogP contribution in [0.5, 0.6) is 0 Å². The molecule has 0 bridgehead atoms. The van der Waals surface area contributed by atoms with Crippen LogP contribution in [0.2, 0.25) is 0 Å². The first-order chi connectivity index (χ1) is 20.6. The number of hydrogen-bond acceptors (Lipinski definition) is 6. The minimum Gasteiger partial charge on any atom is -0.404 e. The van der Waals surface area contributed by atoms with Gasteiger partial charge in [0.15, 0.2) is 0 Å². The third kappa shape index (κ3) is 6.73. The van der Waals surface area contributed by atoms with Gasteiger partial charge in [0.25, 0.3) is 5.91 Å². The quantitative estimate of drug-likeness (QED) is 0.370. The Balaban J connectivity index is 1.31. The van der Waals surface area contributed by atoms with Crippen molar-refractivity contribution in [2.45, 2.75) is 18.5 Å². The molecular weight excluding hydrogens is 526 g/mol. The van der Waals surface area contributed by atoms with Crippen molar-refractivity contribution in [2.24, 2.45) is 5.73 Å². The Kier molecular flexibility index (Phi) is 10.0. The highest BCUT2D eigenvalue weighted by atomic mass is 16.5. The molecule has 2 amide bonds. The molecule has 8 nitrogen and oxygen atoms in total. The topological polar surface area (TPSA) is 91.1 Å². The van der Waals surface area contributed by atoms with E-state index in [4.69, 9.17) is 10.5 Å². The van der Waals surface area contributed by atoms with Crippen LogP contribution in [0.3, 0.4) is 0 Å². The molecule has 3 aromatic carbocycles. The van der Waals surface area contributed by atoms with Crippen molar-refractivity contribution in [2.75, 3.05) is 59.5 Å². The molecular formula is C34H41N5O3. The highest BCUT2D eigenvalue weighted by Gasteiger charge is 2.45. The predicted molar refractivity (Wildman–Crippen MR) is 166 cm³/mol. The Hall–Kier alpha value is -3.98. The highest BCUT2D eigenvalue weighted by molar-refractivity contribution is 6.03. The van der Waals surface area contributed by atoms with Crippen LogP contribution in [0.25, 0.3) is 5.57 Å². The molecule has 2 atom stereocenters. The van der Waals surface area contributed by atoms with Crippen LogP contribution in [-0.4, -0.2) is 92.1 Å². The number of nitrogens with zero attached hydrogens (tertiary/aromatic N) is 3. The molecule has 1 fully saturated rings. The maximum Gasteiger partial charge on any atom is 0.254 e. The molecule has 0 radical (unpaired) electrons. The molecule has 3 aromatic rings. The van der Waals surface area contributed by atoms with Gasteiger partial charge in [-0.25, -0.2) is 0 Å². The average molecular weight is 568 g/mol. The minimum absolute atomic E-state index is 0.111. The molecule has 42 heavy (non-hydrogen) atoms. The summed E-state index contributed by atoms with van der Waals surface area (Å²) in [5, 5.41) is 3.21. The number of rotatable bonds is 11. The standard InChI is InChI=1S/C34H41N5O3/c1-42-23-22-39-32(30(24-35)27-12-6-3-7-13-27)31(28-14-8-9-15-29(28)34(39)41)33(40)36-16-17-37-18-20-38(21-19-37)25-26-10-4-2-5-11-26/h2-15,24,31-32H,16-23,25,35H2,1H3,(H,36,40)/b30-24+. The van der Waals surface area contributed by atoms with Gasteiger partial charge in [-0.2, -0.15) is 0 Å². The molecule has 0 aliphatic carbocycles. The molecule has 5 rings (SSSR count). The summed E-state index contributed by atoms with van der Waals surface area (Å²) in [5.74, 6) is -0.853. The number of piperazine rings is 1. The first-order valence-corrected chi connectivity index (χ1v) is 14.7. The van der Waals surface area contributed by atoms with Gasteiger partial charge in [-0.15, -0.1) is 0 Å². The van der Waals surface area contributed by atoms with E-state index < -0.39 is 12.0 Å². The Morgan fingerprint density at radius 1 is 0.905 bits per heavy atom. The van der Waals surface area contributed by atoms with Crippen LogP contribution >= 0.6 is 0 Å². The molecule has 2 aliphatic heterocycles. The summed E-state index contributed by atoms with van der Waals surface area (Å²) in [6.07, 6.45) is 1.54.